The maximum absolute atomic E-state index is 14.0. The maximum atomic E-state index is 14.0. The van der Waals surface area contributed by atoms with E-state index in [-0.39, 0.29) is 18.0 Å². The zero-order valence-corrected chi connectivity index (χ0v) is 28.3. The van der Waals surface area contributed by atoms with Crippen LogP contribution in [0.15, 0.2) is 41.2 Å². The molecular formula is C39H50N4O4. The molecule has 1 aromatic heterocycles. The molecule has 250 valence electrons. The van der Waals surface area contributed by atoms with E-state index < -0.39 is 0 Å². The Balaban J connectivity index is 1.29. The number of nitrogens with one attached hydrogen (secondary N) is 2. The summed E-state index contributed by atoms with van der Waals surface area (Å²) in [6.07, 6.45) is 10.3. The van der Waals surface area contributed by atoms with Crippen molar-refractivity contribution in [1.29, 1.82) is 0 Å². The first-order chi connectivity index (χ1) is 22.9. The molecule has 8 heteroatoms. The lowest BCUT2D eigenvalue weighted by molar-refractivity contribution is 0.0342. The van der Waals surface area contributed by atoms with Gasteiger partial charge in [0, 0.05) is 74.5 Å². The van der Waals surface area contributed by atoms with E-state index in [0.717, 1.165) is 125 Å². The van der Waals surface area contributed by atoms with Crippen LogP contribution in [0.2, 0.25) is 0 Å². The van der Waals surface area contributed by atoms with Gasteiger partial charge in [-0.1, -0.05) is 36.4 Å². The molecule has 3 aliphatic rings. The van der Waals surface area contributed by atoms with Gasteiger partial charge in [-0.25, -0.2) is 0 Å². The lowest BCUT2D eigenvalue weighted by Gasteiger charge is -2.36. The Morgan fingerprint density at radius 3 is 2.47 bits per heavy atom. The number of aromatic nitrogens is 1. The zero-order valence-electron chi connectivity index (χ0n) is 28.3. The third kappa shape index (κ3) is 7.88. The number of amides is 1. The van der Waals surface area contributed by atoms with Crippen molar-refractivity contribution < 1.29 is 14.3 Å². The van der Waals surface area contributed by atoms with Gasteiger partial charge < -0.3 is 24.7 Å². The molecule has 8 nitrogen and oxygen atoms in total. The number of ether oxygens (including phenoxy) is 2. The van der Waals surface area contributed by atoms with E-state index in [2.05, 4.69) is 76.4 Å². The van der Waals surface area contributed by atoms with Gasteiger partial charge in [-0.05, 0) is 105 Å². The number of H-pyrrole nitrogens is 1. The standard InChI is InChI=1S/C39H50N4O4/c1-4-43(32-14-18-46-19-15-32)37-24-30(13-12-29-8-7-9-31(22-29)26-42-16-20-47-21-17-42)23-35(27(37)2)38(44)40-25-36-34-11-6-5-10-33(34)28(3)41-39(36)45/h7-9,12-13,22-24,32H,4-6,10-11,14-21,25-26H2,1-3H3,(H,40,44)(H,41,45)/b13-12+. The predicted molar refractivity (Wildman–Crippen MR) is 189 cm³/mol. The van der Waals surface area contributed by atoms with Crippen LogP contribution < -0.4 is 15.8 Å². The molecule has 3 aromatic rings. The minimum absolute atomic E-state index is 0.0925. The third-order valence-corrected chi connectivity index (χ3v) is 10.1. The molecule has 1 aliphatic carbocycles. The maximum Gasteiger partial charge on any atom is 0.253 e. The topological polar surface area (TPSA) is 86.9 Å². The number of hydrogen-bond donors (Lipinski definition) is 2. The number of nitrogens with zero attached hydrogens (tertiary/aromatic N) is 2. The van der Waals surface area contributed by atoms with Crippen LogP contribution in [0.1, 0.15) is 87.6 Å². The molecule has 3 heterocycles. The quantitative estimate of drug-likeness (QED) is 0.273. The highest BCUT2D eigenvalue weighted by molar-refractivity contribution is 5.98. The molecule has 2 saturated heterocycles. The Hall–Kier alpha value is -3.72. The molecule has 0 spiro atoms. The van der Waals surface area contributed by atoms with Crippen molar-refractivity contribution in [2.75, 3.05) is 51.0 Å². The largest absolute Gasteiger partial charge is 0.381 e. The van der Waals surface area contributed by atoms with Crippen molar-refractivity contribution in [2.45, 2.75) is 78.4 Å². The highest BCUT2D eigenvalue weighted by Gasteiger charge is 2.25. The van der Waals surface area contributed by atoms with Crippen LogP contribution >= 0.6 is 0 Å². The summed E-state index contributed by atoms with van der Waals surface area (Å²) in [4.78, 5) is 34.9. The Bertz CT molecular complexity index is 1650. The lowest BCUT2D eigenvalue weighted by atomic mass is 9.88. The van der Waals surface area contributed by atoms with Crippen molar-refractivity contribution in [2.24, 2.45) is 0 Å². The molecule has 0 saturated carbocycles. The molecule has 0 bridgehead atoms. The van der Waals surface area contributed by atoms with Crippen LogP contribution in [0.25, 0.3) is 12.2 Å². The third-order valence-electron chi connectivity index (χ3n) is 10.1. The predicted octanol–water partition coefficient (Wildman–Crippen LogP) is 5.81. The number of anilines is 1. The summed E-state index contributed by atoms with van der Waals surface area (Å²) in [5.41, 5.74) is 10.0. The zero-order chi connectivity index (χ0) is 32.8. The van der Waals surface area contributed by atoms with Crippen molar-refractivity contribution in [3.8, 4) is 0 Å². The molecule has 2 fully saturated rings. The molecule has 2 N–H and O–H groups in total. The van der Waals surface area contributed by atoms with Gasteiger partial charge in [0.15, 0.2) is 0 Å². The molecule has 0 atom stereocenters. The van der Waals surface area contributed by atoms with E-state index >= 15 is 0 Å². The normalized spacial score (nSPS) is 17.5. The summed E-state index contributed by atoms with van der Waals surface area (Å²) in [5.74, 6) is -0.154. The first kappa shape index (κ1) is 33.2. The second-order valence-corrected chi connectivity index (χ2v) is 13.2. The molecule has 2 aromatic carbocycles. The molecule has 1 amide bonds. The Morgan fingerprint density at radius 2 is 1.70 bits per heavy atom. The van der Waals surface area contributed by atoms with E-state index in [0.29, 0.717) is 17.2 Å². The van der Waals surface area contributed by atoms with Crippen molar-refractivity contribution >= 4 is 23.7 Å². The van der Waals surface area contributed by atoms with Crippen molar-refractivity contribution in [3.63, 3.8) is 0 Å². The summed E-state index contributed by atoms with van der Waals surface area (Å²) in [5, 5.41) is 3.14. The number of aryl methyl sites for hydroxylation is 1. The summed E-state index contributed by atoms with van der Waals surface area (Å²) >= 11 is 0. The number of carbonyl (C=O) groups excluding carboxylic acids is 1. The number of benzene rings is 2. The summed E-state index contributed by atoms with van der Waals surface area (Å²) in [6.45, 7) is 13.2. The summed E-state index contributed by atoms with van der Waals surface area (Å²) in [6, 6.07) is 13.2. The molecule has 0 radical (unpaired) electrons. The fourth-order valence-corrected chi connectivity index (χ4v) is 7.54. The number of carbonyl (C=O) groups is 1. The van der Waals surface area contributed by atoms with Gasteiger partial charge in [-0.3, -0.25) is 14.5 Å². The highest BCUT2D eigenvalue weighted by Crippen LogP contribution is 2.31. The van der Waals surface area contributed by atoms with Crippen LogP contribution in [0.5, 0.6) is 0 Å². The van der Waals surface area contributed by atoms with Crippen LogP contribution in [-0.4, -0.2) is 67.9 Å². The van der Waals surface area contributed by atoms with Crippen molar-refractivity contribution in [3.05, 3.63) is 97.0 Å². The van der Waals surface area contributed by atoms with Gasteiger partial charge in [0.05, 0.1) is 13.2 Å². The lowest BCUT2D eigenvalue weighted by Crippen LogP contribution is -2.40. The molecule has 47 heavy (non-hydrogen) atoms. The van der Waals surface area contributed by atoms with Crippen LogP contribution in [0, 0.1) is 13.8 Å². The average Bonchev–Trinajstić information content (AvgIpc) is 3.09. The fraction of sp³-hybridized carbons (Fsp3) is 0.487. The van der Waals surface area contributed by atoms with Crippen LogP contribution in [0.3, 0.4) is 0 Å². The van der Waals surface area contributed by atoms with Gasteiger partial charge in [0.2, 0.25) is 0 Å². The number of hydrogen-bond acceptors (Lipinski definition) is 6. The fourth-order valence-electron chi connectivity index (χ4n) is 7.54. The number of fused-ring (bicyclic) bond motifs is 1. The second kappa shape index (κ2) is 15.5. The van der Waals surface area contributed by atoms with E-state index in [1.165, 1.54) is 11.1 Å². The van der Waals surface area contributed by atoms with Gasteiger partial charge in [0.1, 0.15) is 0 Å². The summed E-state index contributed by atoms with van der Waals surface area (Å²) in [7, 11) is 0. The smallest absolute Gasteiger partial charge is 0.253 e. The Morgan fingerprint density at radius 1 is 0.979 bits per heavy atom. The minimum atomic E-state index is -0.154. The minimum Gasteiger partial charge on any atom is -0.381 e. The van der Waals surface area contributed by atoms with Gasteiger partial charge in [0.25, 0.3) is 11.5 Å². The van der Waals surface area contributed by atoms with Crippen molar-refractivity contribution in [1.82, 2.24) is 15.2 Å². The summed E-state index contributed by atoms with van der Waals surface area (Å²) < 4.78 is 11.2. The molecule has 6 rings (SSSR count). The van der Waals surface area contributed by atoms with Gasteiger partial charge >= 0.3 is 0 Å². The van der Waals surface area contributed by atoms with E-state index in [9.17, 15) is 9.59 Å². The highest BCUT2D eigenvalue weighted by atomic mass is 16.5. The molecule has 0 unspecified atom stereocenters. The monoisotopic (exact) mass is 638 g/mol. The Labute approximate surface area is 279 Å². The SMILES string of the molecule is CCN(c1cc(/C=C/c2cccc(CN3CCOCC3)c2)cc(C(=O)NCc2c3c(c(C)[nH]c2=O)CCCC3)c1C)C1CCOCC1. The number of morpholine rings is 1. The van der Waals surface area contributed by atoms with E-state index in [4.69, 9.17) is 9.47 Å². The first-order valence-corrected chi connectivity index (χ1v) is 17.5. The van der Waals surface area contributed by atoms with Gasteiger partial charge in [-0.2, -0.15) is 0 Å². The number of pyridine rings is 1. The van der Waals surface area contributed by atoms with Crippen LogP contribution in [-0.2, 0) is 35.4 Å². The second-order valence-electron chi connectivity index (χ2n) is 13.2. The molecule has 2 aliphatic heterocycles. The molecular weight excluding hydrogens is 588 g/mol. The average molecular weight is 639 g/mol. The first-order valence-electron chi connectivity index (χ1n) is 17.5. The number of rotatable bonds is 10. The number of aromatic amines is 1. The van der Waals surface area contributed by atoms with E-state index in [1.807, 2.05) is 13.0 Å². The van der Waals surface area contributed by atoms with E-state index in [1.54, 1.807) is 0 Å². The Kier molecular flexibility index (Phi) is 10.9. The van der Waals surface area contributed by atoms with Gasteiger partial charge in [-0.15, -0.1) is 0 Å². The van der Waals surface area contributed by atoms with Crippen LogP contribution in [0.4, 0.5) is 5.69 Å².